The molecule has 2 nitrogen and oxygen atoms in total. The van der Waals surface area contributed by atoms with Gasteiger partial charge in [0.25, 0.3) is 0 Å². The summed E-state index contributed by atoms with van der Waals surface area (Å²) in [6, 6.07) is 3.93. The van der Waals surface area contributed by atoms with Gasteiger partial charge in [0.05, 0.1) is 13.2 Å². The topological polar surface area (TPSA) is 23.5 Å². The molecule has 0 bridgehead atoms. The van der Waals surface area contributed by atoms with Crippen LogP contribution >= 0.6 is 0 Å². The lowest BCUT2D eigenvalue weighted by molar-refractivity contribution is -0.148. The van der Waals surface area contributed by atoms with Crippen molar-refractivity contribution in [2.24, 2.45) is 0 Å². The van der Waals surface area contributed by atoms with Crippen molar-refractivity contribution in [1.29, 1.82) is 0 Å². The third-order valence-electron chi connectivity index (χ3n) is 3.04. The zero-order chi connectivity index (χ0) is 14.6. The molecule has 0 aromatic heterocycles. The normalized spacial score (nSPS) is 12.2. The number of aryl methyl sites for hydroxylation is 3. The number of aliphatic hydroxyl groups excluding tert-OH is 1. The first-order valence-electron chi connectivity index (χ1n) is 6.19. The van der Waals surface area contributed by atoms with Gasteiger partial charge in [0.1, 0.15) is 0 Å². The molecule has 0 aliphatic heterocycles. The summed E-state index contributed by atoms with van der Waals surface area (Å²) < 4.78 is 37.4. The van der Waals surface area contributed by atoms with Crippen LogP contribution in [0, 0.1) is 20.8 Å². The second-order valence-corrected chi connectivity index (χ2v) is 4.93. The van der Waals surface area contributed by atoms with Crippen LogP contribution in [0.15, 0.2) is 12.1 Å². The summed E-state index contributed by atoms with van der Waals surface area (Å²) in [5.41, 5.74) is 3.98. The van der Waals surface area contributed by atoms with E-state index >= 15 is 0 Å². The number of rotatable bonds is 5. The summed E-state index contributed by atoms with van der Waals surface area (Å²) in [4.78, 5) is 1.23. The summed E-state index contributed by atoms with van der Waals surface area (Å²) in [5.74, 6) is 0. The second kappa shape index (κ2) is 6.39. The quantitative estimate of drug-likeness (QED) is 0.893. The Hall–Kier alpha value is -1.07. The summed E-state index contributed by atoms with van der Waals surface area (Å²) in [5, 5.41) is 8.89. The first-order chi connectivity index (χ1) is 8.73. The lowest BCUT2D eigenvalue weighted by atomic mass is 9.99. The molecule has 0 amide bonds. The van der Waals surface area contributed by atoms with Crippen molar-refractivity contribution in [2.75, 3.05) is 19.7 Å². The minimum absolute atomic E-state index is 0.0201. The summed E-state index contributed by atoms with van der Waals surface area (Å²) >= 11 is 0. The second-order valence-electron chi connectivity index (χ2n) is 4.93. The summed E-state index contributed by atoms with van der Waals surface area (Å²) in [7, 11) is 0. The Morgan fingerprint density at radius 3 is 2.05 bits per heavy atom. The number of halogens is 3. The van der Waals surface area contributed by atoms with Gasteiger partial charge >= 0.3 is 6.18 Å². The predicted molar refractivity (Wildman–Crippen MR) is 69.1 cm³/mol. The van der Waals surface area contributed by atoms with Gasteiger partial charge in [-0.25, -0.2) is 0 Å². The minimum Gasteiger partial charge on any atom is -0.395 e. The first-order valence-corrected chi connectivity index (χ1v) is 6.19. The molecule has 0 saturated heterocycles. The maximum Gasteiger partial charge on any atom is 0.401 e. The van der Waals surface area contributed by atoms with Crippen LogP contribution in [0.3, 0.4) is 0 Å². The molecule has 1 aromatic rings. The minimum atomic E-state index is -4.25. The maximum atomic E-state index is 12.5. The third kappa shape index (κ3) is 5.20. The summed E-state index contributed by atoms with van der Waals surface area (Å²) in [6.07, 6.45) is -4.25. The SMILES string of the molecule is Cc1cc(C)c(CN(CCO)CC(F)(F)F)c(C)c1. The van der Waals surface area contributed by atoms with Crippen LogP contribution in [0.1, 0.15) is 22.3 Å². The molecule has 0 aliphatic carbocycles. The van der Waals surface area contributed by atoms with Gasteiger partial charge in [0, 0.05) is 13.1 Å². The van der Waals surface area contributed by atoms with Crippen molar-refractivity contribution in [3.8, 4) is 0 Å². The average molecular weight is 275 g/mol. The first kappa shape index (κ1) is 16.0. The van der Waals surface area contributed by atoms with Crippen LogP contribution in [0.4, 0.5) is 13.2 Å². The fourth-order valence-corrected chi connectivity index (χ4v) is 2.29. The van der Waals surface area contributed by atoms with Gasteiger partial charge < -0.3 is 5.11 Å². The van der Waals surface area contributed by atoms with Gasteiger partial charge in [-0.15, -0.1) is 0 Å². The lowest BCUT2D eigenvalue weighted by Crippen LogP contribution is -2.36. The van der Waals surface area contributed by atoms with E-state index in [1.54, 1.807) is 0 Å². The van der Waals surface area contributed by atoms with E-state index in [0.29, 0.717) is 0 Å². The van der Waals surface area contributed by atoms with E-state index in [-0.39, 0.29) is 19.7 Å². The highest BCUT2D eigenvalue weighted by atomic mass is 19.4. The van der Waals surface area contributed by atoms with Gasteiger partial charge in [-0.3, -0.25) is 4.90 Å². The van der Waals surface area contributed by atoms with Crippen LogP contribution in [0.5, 0.6) is 0 Å². The molecular weight excluding hydrogens is 255 g/mol. The van der Waals surface area contributed by atoms with Crippen LogP contribution in [0.25, 0.3) is 0 Å². The van der Waals surface area contributed by atoms with E-state index in [1.807, 2.05) is 32.9 Å². The molecule has 0 heterocycles. The fraction of sp³-hybridized carbons (Fsp3) is 0.571. The van der Waals surface area contributed by atoms with Crippen LogP contribution in [-0.4, -0.2) is 35.9 Å². The molecule has 1 aromatic carbocycles. The molecule has 19 heavy (non-hydrogen) atoms. The molecule has 0 aliphatic rings. The van der Waals surface area contributed by atoms with E-state index in [4.69, 9.17) is 5.11 Å². The molecule has 0 fully saturated rings. The van der Waals surface area contributed by atoms with Crippen molar-refractivity contribution in [3.05, 3.63) is 34.4 Å². The molecule has 5 heteroatoms. The van der Waals surface area contributed by atoms with E-state index in [0.717, 1.165) is 22.3 Å². The number of alkyl halides is 3. The van der Waals surface area contributed by atoms with E-state index < -0.39 is 12.7 Å². The number of hydrogen-bond donors (Lipinski definition) is 1. The molecule has 0 saturated carbocycles. The van der Waals surface area contributed by atoms with Crippen LogP contribution < -0.4 is 0 Å². The smallest absolute Gasteiger partial charge is 0.395 e. The van der Waals surface area contributed by atoms with E-state index in [9.17, 15) is 13.2 Å². The molecule has 0 atom stereocenters. The van der Waals surface area contributed by atoms with Crippen molar-refractivity contribution in [3.63, 3.8) is 0 Å². The molecule has 0 radical (unpaired) electrons. The number of aliphatic hydroxyl groups is 1. The van der Waals surface area contributed by atoms with Crippen molar-refractivity contribution >= 4 is 0 Å². The Labute approximate surface area is 111 Å². The highest BCUT2D eigenvalue weighted by Gasteiger charge is 2.30. The maximum absolute atomic E-state index is 12.5. The van der Waals surface area contributed by atoms with Gasteiger partial charge in [-0.2, -0.15) is 13.2 Å². The lowest BCUT2D eigenvalue weighted by Gasteiger charge is -2.24. The highest BCUT2D eigenvalue weighted by Crippen LogP contribution is 2.21. The van der Waals surface area contributed by atoms with Crippen molar-refractivity contribution in [1.82, 2.24) is 4.90 Å². The molecule has 108 valence electrons. The molecular formula is C14H20F3NO. The third-order valence-corrected chi connectivity index (χ3v) is 3.04. The number of benzene rings is 1. The molecule has 1 rings (SSSR count). The predicted octanol–water partition coefficient (Wildman–Crippen LogP) is 2.97. The number of hydrogen-bond acceptors (Lipinski definition) is 2. The Bertz CT molecular complexity index is 406. The van der Waals surface area contributed by atoms with Crippen molar-refractivity contribution in [2.45, 2.75) is 33.5 Å². The van der Waals surface area contributed by atoms with Gasteiger partial charge in [0.15, 0.2) is 0 Å². The van der Waals surface area contributed by atoms with E-state index in [1.165, 1.54) is 4.90 Å². The Morgan fingerprint density at radius 1 is 1.11 bits per heavy atom. The molecule has 1 N–H and O–H groups in total. The number of nitrogens with zero attached hydrogens (tertiary/aromatic N) is 1. The fourth-order valence-electron chi connectivity index (χ4n) is 2.29. The zero-order valence-corrected chi connectivity index (χ0v) is 11.5. The monoisotopic (exact) mass is 275 g/mol. The summed E-state index contributed by atoms with van der Waals surface area (Å²) in [6.45, 7) is 4.72. The standard InChI is InChI=1S/C14H20F3NO/c1-10-6-11(2)13(12(3)7-10)8-18(4-5-19)9-14(15,16)17/h6-7,19H,4-5,8-9H2,1-3H3. The van der Waals surface area contributed by atoms with Gasteiger partial charge in [0.2, 0.25) is 0 Å². The van der Waals surface area contributed by atoms with Crippen LogP contribution in [0.2, 0.25) is 0 Å². The molecule has 0 spiro atoms. The largest absolute Gasteiger partial charge is 0.401 e. The van der Waals surface area contributed by atoms with Crippen LogP contribution in [-0.2, 0) is 6.54 Å². The zero-order valence-electron chi connectivity index (χ0n) is 11.5. The Balaban J connectivity index is 2.90. The van der Waals surface area contributed by atoms with Crippen molar-refractivity contribution < 1.29 is 18.3 Å². The van der Waals surface area contributed by atoms with Gasteiger partial charge in [-0.1, -0.05) is 17.7 Å². The van der Waals surface area contributed by atoms with E-state index in [2.05, 4.69) is 0 Å². The Kier molecular flexibility index (Phi) is 5.38. The Morgan fingerprint density at radius 2 is 1.63 bits per heavy atom. The van der Waals surface area contributed by atoms with Gasteiger partial charge in [-0.05, 0) is 37.5 Å². The average Bonchev–Trinajstić information content (AvgIpc) is 2.21. The highest BCUT2D eigenvalue weighted by molar-refractivity contribution is 5.37. The molecule has 0 unspecified atom stereocenters.